The van der Waals surface area contributed by atoms with Crippen molar-refractivity contribution < 1.29 is 13.5 Å². The number of anilines is 1. The van der Waals surface area contributed by atoms with Crippen LogP contribution in [0.5, 0.6) is 0 Å². The predicted octanol–water partition coefficient (Wildman–Crippen LogP) is 1.65. The Labute approximate surface area is 121 Å². The maximum atomic E-state index is 12.2. The van der Waals surface area contributed by atoms with Crippen LogP contribution in [-0.2, 0) is 10.0 Å². The number of nitrogens with two attached hydrogens (primary N) is 1. The normalized spacial score (nSPS) is 13.7. The summed E-state index contributed by atoms with van der Waals surface area (Å²) in [6.07, 6.45) is 0.935. The summed E-state index contributed by atoms with van der Waals surface area (Å²) in [5.74, 6) is 0.0908. The lowest BCUT2D eigenvalue weighted by Crippen LogP contribution is -2.36. The molecular formula is C14H24N2O3S. The maximum absolute atomic E-state index is 12.2. The number of sulfonamides is 1. The largest absolute Gasteiger partial charge is 0.398 e. The summed E-state index contributed by atoms with van der Waals surface area (Å²) in [5.41, 5.74) is 6.86. The van der Waals surface area contributed by atoms with Crippen LogP contribution in [0.2, 0.25) is 0 Å². The van der Waals surface area contributed by atoms with E-state index in [1.165, 1.54) is 6.07 Å². The van der Waals surface area contributed by atoms with E-state index in [0.29, 0.717) is 0 Å². The molecule has 0 heterocycles. The summed E-state index contributed by atoms with van der Waals surface area (Å²) >= 11 is 0. The number of aliphatic hydroxyl groups excluding tert-OH is 1. The number of hydrogen-bond donors (Lipinski definition) is 3. The van der Waals surface area contributed by atoms with E-state index < -0.39 is 16.1 Å². The first-order valence-corrected chi connectivity index (χ1v) is 8.34. The number of aliphatic hydroxyl groups is 1. The first kappa shape index (κ1) is 16.9. The van der Waals surface area contributed by atoms with Gasteiger partial charge < -0.3 is 10.8 Å². The number of hydrogen-bond acceptors (Lipinski definition) is 4. The summed E-state index contributed by atoms with van der Waals surface area (Å²) in [7, 11) is -3.69. The highest BCUT2D eigenvalue weighted by atomic mass is 32.2. The van der Waals surface area contributed by atoms with Crippen molar-refractivity contribution in [3.63, 3.8) is 0 Å². The Morgan fingerprint density at radius 3 is 2.40 bits per heavy atom. The third-order valence-corrected chi connectivity index (χ3v) is 5.03. The van der Waals surface area contributed by atoms with E-state index in [4.69, 9.17) is 5.73 Å². The highest BCUT2D eigenvalue weighted by molar-refractivity contribution is 7.89. The number of nitrogen functional groups attached to an aromatic ring is 1. The average molecular weight is 300 g/mol. The predicted molar refractivity (Wildman–Crippen MR) is 80.9 cm³/mol. The zero-order chi connectivity index (χ0) is 15.3. The SMILES string of the molecule is CCC(CC)C(O)CNS(=O)(=O)c1ccc(C)cc1N. The number of rotatable bonds is 7. The second kappa shape index (κ2) is 7.06. The number of aryl methyl sites for hydroxylation is 1. The second-order valence-electron chi connectivity index (χ2n) is 5.04. The van der Waals surface area contributed by atoms with Gasteiger partial charge in [-0.25, -0.2) is 13.1 Å². The van der Waals surface area contributed by atoms with Gasteiger partial charge >= 0.3 is 0 Å². The first-order chi connectivity index (χ1) is 9.31. The van der Waals surface area contributed by atoms with E-state index in [-0.39, 0.29) is 23.0 Å². The van der Waals surface area contributed by atoms with Crippen molar-refractivity contribution in [3.8, 4) is 0 Å². The van der Waals surface area contributed by atoms with Crippen LogP contribution >= 0.6 is 0 Å². The van der Waals surface area contributed by atoms with Crippen molar-refractivity contribution in [2.75, 3.05) is 12.3 Å². The quantitative estimate of drug-likeness (QED) is 0.668. The first-order valence-electron chi connectivity index (χ1n) is 6.85. The van der Waals surface area contributed by atoms with Crippen molar-refractivity contribution in [2.45, 2.75) is 44.6 Å². The lowest BCUT2D eigenvalue weighted by Gasteiger charge is -2.20. The molecule has 4 N–H and O–H groups in total. The molecule has 1 rings (SSSR count). The summed E-state index contributed by atoms with van der Waals surface area (Å²) in [5, 5.41) is 9.97. The van der Waals surface area contributed by atoms with Crippen LogP contribution in [0.3, 0.4) is 0 Å². The van der Waals surface area contributed by atoms with Gasteiger partial charge in [0.1, 0.15) is 4.90 Å². The fourth-order valence-electron chi connectivity index (χ4n) is 2.18. The molecule has 0 fully saturated rings. The van der Waals surface area contributed by atoms with Gasteiger partial charge in [-0.15, -0.1) is 0 Å². The third kappa shape index (κ3) is 4.19. The lowest BCUT2D eigenvalue weighted by atomic mass is 9.97. The molecule has 0 bridgehead atoms. The van der Waals surface area contributed by atoms with E-state index in [1.54, 1.807) is 12.1 Å². The summed E-state index contributed by atoms with van der Waals surface area (Å²) in [4.78, 5) is 0.0554. The summed E-state index contributed by atoms with van der Waals surface area (Å²) in [6, 6.07) is 4.80. The fourth-order valence-corrected chi connectivity index (χ4v) is 3.35. The van der Waals surface area contributed by atoms with Gasteiger partial charge in [-0.05, 0) is 30.5 Å². The van der Waals surface area contributed by atoms with Crippen LogP contribution in [0.4, 0.5) is 5.69 Å². The van der Waals surface area contributed by atoms with Gasteiger partial charge in [0.2, 0.25) is 10.0 Å². The minimum Gasteiger partial charge on any atom is -0.398 e. The Hall–Kier alpha value is -1.11. The van der Waals surface area contributed by atoms with Crippen molar-refractivity contribution in [1.29, 1.82) is 0 Å². The van der Waals surface area contributed by atoms with Gasteiger partial charge in [0.05, 0.1) is 11.8 Å². The third-order valence-electron chi connectivity index (χ3n) is 3.53. The Kier molecular flexibility index (Phi) is 5.98. The molecule has 1 unspecified atom stereocenters. The van der Waals surface area contributed by atoms with Gasteiger partial charge in [0, 0.05) is 6.54 Å². The molecule has 0 saturated carbocycles. The average Bonchev–Trinajstić information content (AvgIpc) is 2.37. The van der Waals surface area contributed by atoms with Crippen LogP contribution < -0.4 is 10.5 Å². The Morgan fingerprint density at radius 1 is 1.30 bits per heavy atom. The molecule has 0 radical (unpaired) electrons. The number of nitrogens with one attached hydrogen (secondary N) is 1. The molecule has 1 atom stereocenters. The van der Waals surface area contributed by atoms with Gasteiger partial charge in [0.15, 0.2) is 0 Å². The molecule has 0 aromatic heterocycles. The molecule has 1 aromatic carbocycles. The molecule has 6 heteroatoms. The van der Waals surface area contributed by atoms with E-state index >= 15 is 0 Å². The maximum Gasteiger partial charge on any atom is 0.242 e. The molecule has 20 heavy (non-hydrogen) atoms. The molecular weight excluding hydrogens is 276 g/mol. The minimum atomic E-state index is -3.69. The highest BCUT2D eigenvalue weighted by Gasteiger charge is 2.21. The monoisotopic (exact) mass is 300 g/mol. The molecule has 0 aliphatic carbocycles. The standard InChI is InChI=1S/C14H24N2O3S/c1-4-11(5-2)13(17)9-16-20(18,19)14-7-6-10(3)8-12(14)15/h6-8,11,13,16-17H,4-5,9,15H2,1-3H3. The molecule has 0 amide bonds. The van der Waals surface area contributed by atoms with E-state index in [9.17, 15) is 13.5 Å². The number of benzene rings is 1. The van der Waals surface area contributed by atoms with Crippen LogP contribution in [0.1, 0.15) is 32.3 Å². The molecule has 0 saturated heterocycles. The van der Waals surface area contributed by atoms with E-state index in [1.807, 2.05) is 20.8 Å². The van der Waals surface area contributed by atoms with Crippen LogP contribution in [-0.4, -0.2) is 26.2 Å². The lowest BCUT2D eigenvalue weighted by molar-refractivity contribution is 0.107. The van der Waals surface area contributed by atoms with Crippen molar-refractivity contribution in [2.24, 2.45) is 5.92 Å². The van der Waals surface area contributed by atoms with Gasteiger partial charge in [-0.2, -0.15) is 0 Å². The summed E-state index contributed by atoms with van der Waals surface area (Å²) < 4.78 is 26.8. The Balaban J connectivity index is 2.80. The minimum absolute atomic E-state index is 0.00198. The zero-order valence-corrected chi connectivity index (χ0v) is 13.1. The molecule has 0 spiro atoms. The Morgan fingerprint density at radius 2 is 1.90 bits per heavy atom. The molecule has 0 aliphatic rings. The molecule has 5 nitrogen and oxygen atoms in total. The Bertz CT molecular complexity index is 539. The van der Waals surface area contributed by atoms with Crippen molar-refractivity contribution in [3.05, 3.63) is 23.8 Å². The van der Waals surface area contributed by atoms with Gasteiger partial charge in [-0.3, -0.25) is 0 Å². The highest BCUT2D eigenvalue weighted by Crippen LogP contribution is 2.20. The van der Waals surface area contributed by atoms with Crippen LogP contribution in [0.15, 0.2) is 23.1 Å². The zero-order valence-electron chi connectivity index (χ0n) is 12.3. The molecule has 0 aliphatic heterocycles. The van der Waals surface area contributed by atoms with Crippen molar-refractivity contribution in [1.82, 2.24) is 4.72 Å². The summed E-state index contributed by atoms with van der Waals surface area (Å²) in [6.45, 7) is 5.80. The van der Waals surface area contributed by atoms with E-state index in [0.717, 1.165) is 18.4 Å². The van der Waals surface area contributed by atoms with E-state index in [2.05, 4.69) is 4.72 Å². The molecule has 114 valence electrons. The fraction of sp³-hybridized carbons (Fsp3) is 0.571. The molecule has 1 aromatic rings. The van der Waals surface area contributed by atoms with Crippen LogP contribution in [0, 0.1) is 12.8 Å². The van der Waals surface area contributed by atoms with Crippen molar-refractivity contribution >= 4 is 15.7 Å². The van der Waals surface area contributed by atoms with Gasteiger partial charge in [0.25, 0.3) is 0 Å². The van der Waals surface area contributed by atoms with Gasteiger partial charge in [-0.1, -0.05) is 32.8 Å². The van der Waals surface area contributed by atoms with Crippen LogP contribution in [0.25, 0.3) is 0 Å². The second-order valence-corrected chi connectivity index (χ2v) is 6.77. The topological polar surface area (TPSA) is 92.4 Å². The smallest absolute Gasteiger partial charge is 0.242 e.